The molecule has 0 aromatic heterocycles. The van der Waals surface area contributed by atoms with Gasteiger partial charge in [0.25, 0.3) is 5.91 Å². The minimum absolute atomic E-state index is 0.0193. The lowest BCUT2D eigenvalue weighted by molar-refractivity contribution is -0.139. The summed E-state index contributed by atoms with van der Waals surface area (Å²) in [6.07, 6.45) is 0.737. The normalized spacial score (nSPS) is 12.0. The van der Waals surface area contributed by atoms with Crippen molar-refractivity contribution in [3.63, 3.8) is 0 Å². The van der Waals surface area contributed by atoms with E-state index in [2.05, 4.69) is 10.9 Å². The molecule has 0 aromatic rings. The van der Waals surface area contributed by atoms with Crippen LogP contribution >= 0.6 is 0 Å². The molecule has 0 aliphatic rings. The number of hydrazine groups is 1. The van der Waals surface area contributed by atoms with Crippen LogP contribution in [0.15, 0.2) is 0 Å². The van der Waals surface area contributed by atoms with Crippen molar-refractivity contribution in [2.24, 2.45) is 0 Å². The molecule has 0 aromatic carbocycles. The lowest BCUT2D eigenvalue weighted by atomic mass is 10.2. The zero-order valence-corrected chi connectivity index (χ0v) is 10.3. The van der Waals surface area contributed by atoms with E-state index in [1.54, 1.807) is 0 Å². The number of carbonyl (C=O) groups excluding carboxylic acids is 2. The second kappa shape index (κ2) is 7.61. The molecule has 0 saturated heterocycles. The largest absolute Gasteiger partial charge is 0.480 e. The fraction of sp³-hybridized carbons (Fsp3) is 0.700. The number of aliphatic carboxylic acids is 1. The predicted octanol–water partition coefficient (Wildman–Crippen LogP) is -0.661. The Morgan fingerprint density at radius 3 is 2.24 bits per heavy atom. The van der Waals surface area contributed by atoms with Gasteiger partial charge in [0.15, 0.2) is 0 Å². The zero-order chi connectivity index (χ0) is 13.4. The van der Waals surface area contributed by atoms with Crippen LogP contribution in [0.1, 0.15) is 27.2 Å². The van der Waals surface area contributed by atoms with Gasteiger partial charge in [-0.25, -0.2) is 0 Å². The van der Waals surface area contributed by atoms with Gasteiger partial charge in [0.05, 0.1) is 13.1 Å². The molecule has 0 fully saturated rings. The number of nitrogens with zero attached hydrogens (tertiary/aromatic N) is 1. The smallest absolute Gasteiger partial charge is 0.317 e. The topological polar surface area (TPSA) is 98.7 Å². The molecule has 0 radical (unpaired) electrons. The quantitative estimate of drug-likeness (QED) is 0.539. The standard InChI is InChI=1S/C10H19N3O4/c1-4-7(2)13(6-10(16)17)5-9(15)12-11-8(3)14/h7H,4-6H2,1-3H3,(H,11,14)(H,12,15)(H,16,17). The number of amides is 2. The van der Waals surface area contributed by atoms with Gasteiger partial charge in [0.2, 0.25) is 5.91 Å². The van der Waals surface area contributed by atoms with Crippen LogP contribution in [0.4, 0.5) is 0 Å². The lowest BCUT2D eigenvalue weighted by Crippen LogP contribution is -2.48. The molecule has 17 heavy (non-hydrogen) atoms. The molecule has 0 heterocycles. The van der Waals surface area contributed by atoms with Crippen LogP contribution in [0, 0.1) is 0 Å². The van der Waals surface area contributed by atoms with Crippen molar-refractivity contribution >= 4 is 17.8 Å². The first-order valence-corrected chi connectivity index (χ1v) is 5.38. The van der Waals surface area contributed by atoms with Gasteiger partial charge in [-0.15, -0.1) is 0 Å². The fourth-order valence-electron chi connectivity index (χ4n) is 1.18. The first-order valence-electron chi connectivity index (χ1n) is 5.38. The van der Waals surface area contributed by atoms with Crippen molar-refractivity contribution in [1.29, 1.82) is 0 Å². The van der Waals surface area contributed by atoms with Gasteiger partial charge in [0, 0.05) is 13.0 Å². The Balaban J connectivity index is 4.27. The summed E-state index contributed by atoms with van der Waals surface area (Å²) in [7, 11) is 0. The summed E-state index contributed by atoms with van der Waals surface area (Å²) in [5.41, 5.74) is 4.34. The van der Waals surface area contributed by atoms with Gasteiger partial charge in [0.1, 0.15) is 0 Å². The predicted molar refractivity (Wildman–Crippen MR) is 60.9 cm³/mol. The van der Waals surface area contributed by atoms with Crippen molar-refractivity contribution in [3.8, 4) is 0 Å². The average molecular weight is 245 g/mol. The number of nitrogens with one attached hydrogen (secondary N) is 2. The fourth-order valence-corrected chi connectivity index (χ4v) is 1.18. The maximum absolute atomic E-state index is 11.4. The molecule has 0 aliphatic heterocycles. The summed E-state index contributed by atoms with van der Waals surface area (Å²) < 4.78 is 0. The molecule has 0 aliphatic carbocycles. The third-order valence-electron chi connectivity index (χ3n) is 2.28. The van der Waals surface area contributed by atoms with Gasteiger partial charge in [-0.2, -0.15) is 0 Å². The Morgan fingerprint density at radius 2 is 1.82 bits per heavy atom. The number of rotatable bonds is 6. The van der Waals surface area contributed by atoms with E-state index in [0.717, 1.165) is 6.42 Å². The molecule has 7 nitrogen and oxygen atoms in total. The first kappa shape index (κ1) is 15.4. The molecule has 2 amide bonds. The minimum atomic E-state index is -0.988. The summed E-state index contributed by atoms with van der Waals surface area (Å²) in [5, 5.41) is 8.72. The Labute approximate surface area is 100 Å². The van der Waals surface area contributed by atoms with E-state index < -0.39 is 11.9 Å². The molecule has 98 valence electrons. The second-order valence-electron chi connectivity index (χ2n) is 3.79. The third kappa shape index (κ3) is 7.29. The van der Waals surface area contributed by atoms with Crippen LogP contribution in [0.25, 0.3) is 0 Å². The maximum Gasteiger partial charge on any atom is 0.317 e. The zero-order valence-electron chi connectivity index (χ0n) is 10.3. The molecular formula is C10H19N3O4. The molecular weight excluding hydrogens is 226 g/mol. The molecule has 0 bridgehead atoms. The third-order valence-corrected chi connectivity index (χ3v) is 2.28. The average Bonchev–Trinajstić information content (AvgIpc) is 2.23. The van der Waals surface area contributed by atoms with Crippen molar-refractivity contribution in [2.45, 2.75) is 33.2 Å². The molecule has 1 atom stereocenters. The highest BCUT2D eigenvalue weighted by Gasteiger charge is 2.18. The van der Waals surface area contributed by atoms with Crippen LogP contribution in [-0.4, -0.2) is 46.9 Å². The molecule has 0 rings (SSSR count). The van der Waals surface area contributed by atoms with Crippen LogP contribution in [0.3, 0.4) is 0 Å². The van der Waals surface area contributed by atoms with E-state index in [1.165, 1.54) is 11.8 Å². The van der Waals surface area contributed by atoms with E-state index in [-0.39, 0.29) is 25.0 Å². The Hall–Kier alpha value is -1.63. The van der Waals surface area contributed by atoms with Crippen molar-refractivity contribution < 1.29 is 19.5 Å². The van der Waals surface area contributed by atoms with Gasteiger partial charge < -0.3 is 5.11 Å². The van der Waals surface area contributed by atoms with Crippen LogP contribution in [-0.2, 0) is 14.4 Å². The number of carbonyl (C=O) groups is 3. The van der Waals surface area contributed by atoms with Gasteiger partial charge in [-0.3, -0.25) is 30.1 Å². The number of carboxylic acid groups (broad SMARTS) is 1. The summed E-state index contributed by atoms with van der Waals surface area (Å²) in [4.78, 5) is 34.1. The number of carboxylic acids is 1. The van der Waals surface area contributed by atoms with E-state index >= 15 is 0 Å². The number of hydrogen-bond acceptors (Lipinski definition) is 4. The summed E-state index contributed by atoms with van der Waals surface area (Å²) >= 11 is 0. The Morgan fingerprint density at radius 1 is 1.24 bits per heavy atom. The first-order chi connectivity index (χ1) is 7.86. The highest BCUT2D eigenvalue weighted by molar-refractivity contribution is 5.82. The highest BCUT2D eigenvalue weighted by Crippen LogP contribution is 2.02. The summed E-state index contributed by atoms with van der Waals surface area (Å²) in [6.45, 7) is 4.74. The molecule has 0 spiro atoms. The summed E-state index contributed by atoms with van der Waals surface area (Å²) in [6, 6.07) is -0.0193. The van der Waals surface area contributed by atoms with E-state index in [1.807, 2.05) is 13.8 Å². The van der Waals surface area contributed by atoms with Gasteiger partial charge in [-0.1, -0.05) is 6.92 Å². The van der Waals surface area contributed by atoms with Crippen LogP contribution in [0.5, 0.6) is 0 Å². The minimum Gasteiger partial charge on any atom is -0.480 e. The van der Waals surface area contributed by atoms with E-state index in [0.29, 0.717) is 0 Å². The van der Waals surface area contributed by atoms with Crippen molar-refractivity contribution in [1.82, 2.24) is 15.8 Å². The maximum atomic E-state index is 11.4. The van der Waals surface area contributed by atoms with Crippen LogP contribution < -0.4 is 10.9 Å². The van der Waals surface area contributed by atoms with E-state index in [4.69, 9.17) is 5.11 Å². The SMILES string of the molecule is CCC(C)N(CC(=O)O)CC(=O)NNC(C)=O. The monoisotopic (exact) mass is 245 g/mol. The van der Waals surface area contributed by atoms with Gasteiger partial charge in [-0.05, 0) is 13.3 Å². The van der Waals surface area contributed by atoms with Crippen LogP contribution in [0.2, 0.25) is 0 Å². The summed E-state index contributed by atoms with van der Waals surface area (Å²) in [5.74, 6) is -1.81. The number of hydrogen-bond donors (Lipinski definition) is 3. The van der Waals surface area contributed by atoms with Gasteiger partial charge >= 0.3 is 5.97 Å². The molecule has 1 unspecified atom stereocenters. The molecule has 0 saturated carbocycles. The molecule has 3 N–H and O–H groups in total. The Kier molecular flexibility index (Phi) is 6.88. The van der Waals surface area contributed by atoms with Crippen molar-refractivity contribution in [2.75, 3.05) is 13.1 Å². The Bertz CT molecular complexity index is 293. The van der Waals surface area contributed by atoms with Crippen molar-refractivity contribution in [3.05, 3.63) is 0 Å². The lowest BCUT2D eigenvalue weighted by Gasteiger charge is -2.25. The second-order valence-corrected chi connectivity index (χ2v) is 3.79. The highest BCUT2D eigenvalue weighted by atomic mass is 16.4. The van der Waals surface area contributed by atoms with E-state index in [9.17, 15) is 14.4 Å². The molecule has 7 heteroatoms.